The third-order valence-corrected chi connectivity index (χ3v) is 7.98. The smallest absolute Gasteiger partial charge is 0.335 e. The Labute approximate surface area is 257 Å². The van der Waals surface area contributed by atoms with Gasteiger partial charge >= 0.3 is 5.97 Å². The molecule has 2 aromatic heterocycles. The van der Waals surface area contributed by atoms with Gasteiger partial charge in [-0.15, -0.1) is 0 Å². The number of nitrogens with one attached hydrogen (secondary N) is 2. The van der Waals surface area contributed by atoms with E-state index in [1.54, 1.807) is 18.2 Å². The zero-order valence-corrected chi connectivity index (χ0v) is 26.1. The van der Waals surface area contributed by atoms with E-state index < -0.39 is 5.97 Å². The van der Waals surface area contributed by atoms with Crippen LogP contribution in [0.15, 0.2) is 64.0 Å². The maximum atomic E-state index is 11.4. The van der Waals surface area contributed by atoms with Gasteiger partial charge in [-0.2, -0.15) is 4.98 Å². The normalized spacial score (nSPS) is 14.0. The van der Waals surface area contributed by atoms with Crippen LogP contribution in [0, 0.1) is 19.3 Å². The van der Waals surface area contributed by atoms with Crippen LogP contribution in [-0.2, 0) is 6.54 Å². The lowest BCUT2D eigenvalue weighted by Crippen LogP contribution is -2.37. The van der Waals surface area contributed by atoms with Gasteiger partial charge in [0.15, 0.2) is 5.76 Å². The molecular weight excluding hydrogens is 562 g/mol. The molecule has 10 heteroatoms. The molecule has 9 nitrogen and oxygen atoms in total. The lowest BCUT2D eigenvalue weighted by Gasteiger charge is -2.26. The summed E-state index contributed by atoms with van der Waals surface area (Å²) in [5, 5.41) is 17.2. The number of rotatable bonds is 13. The van der Waals surface area contributed by atoms with Crippen LogP contribution in [-0.4, -0.2) is 38.8 Å². The van der Waals surface area contributed by atoms with Crippen molar-refractivity contribution >= 4 is 23.9 Å². The quantitative estimate of drug-likeness (QED) is 0.133. The summed E-state index contributed by atoms with van der Waals surface area (Å²) < 4.78 is 15.1. The average Bonchev–Trinajstić information content (AvgIpc) is 3.70. The standard InChI is InChI=1S/C33H39N5O4S/c1-20-8-6-9-21(2)30(20)28-16-29(36-32(35-28)38-43-26-11-7-10-23(14-26)31(39)40)41-19-24(17-33(3,4)5)34-18-25-15-27(37-42-25)22-12-13-22/h6-11,14-16,22,24,34H,12-13,17-19H2,1-5H3,(H,39,40)(H,35,36,38). The first-order valence-corrected chi connectivity index (χ1v) is 15.4. The second-order valence-electron chi connectivity index (χ2n) is 12.4. The minimum atomic E-state index is -0.975. The highest BCUT2D eigenvalue weighted by Gasteiger charge is 2.27. The molecule has 3 N–H and O–H groups in total. The third kappa shape index (κ3) is 8.58. The van der Waals surface area contributed by atoms with Gasteiger partial charge in [-0.1, -0.05) is 50.2 Å². The molecule has 1 unspecified atom stereocenters. The van der Waals surface area contributed by atoms with Gasteiger partial charge in [-0.05, 0) is 79.8 Å². The van der Waals surface area contributed by atoms with E-state index >= 15 is 0 Å². The number of hydrogen-bond donors (Lipinski definition) is 3. The lowest BCUT2D eigenvalue weighted by molar-refractivity contribution is 0.0696. The van der Waals surface area contributed by atoms with Gasteiger partial charge in [0.25, 0.3) is 0 Å². The summed E-state index contributed by atoms with van der Waals surface area (Å²) in [5.74, 6) is 1.23. The van der Waals surface area contributed by atoms with Crippen LogP contribution < -0.4 is 14.8 Å². The number of anilines is 1. The van der Waals surface area contributed by atoms with Crippen molar-refractivity contribution in [1.29, 1.82) is 0 Å². The molecule has 2 aromatic carbocycles. The second-order valence-corrected chi connectivity index (χ2v) is 13.2. The Morgan fingerprint density at radius 2 is 1.84 bits per heavy atom. The molecule has 1 aliphatic carbocycles. The number of hydrogen-bond acceptors (Lipinski definition) is 9. The molecule has 5 rings (SSSR count). The largest absolute Gasteiger partial charge is 0.478 e. The fourth-order valence-corrected chi connectivity index (χ4v) is 5.67. The Hall–Kier alpha value is -3.89. The summed E-state index contributed by atoms with van der Waals surface area (Å²) in [7, 11) is 0. The molecule has 0 bridgehead atoms. The van der Waals surface area contributed by atoms with Crippen molar-refractivity contribution < 1.29 is 19.2 Å². The molecule has 4 aromatic rings. The number of nitrogens with zero attached hydrogens (tertiary/aromatic N) is 3. The molecule has 0 aliphatic heterocycles. The number of ether oxygens (including phenoxy) is 1. The summed E-state index contributed by atoms with van der Waals surface area (Å²) in [5.41, 5.74) is 5.31. The van der Waals surface area contributed by atoms with E-state index in [1.807, 2.05) is 18.2 Å². The molecule has 0 spiro atoms. The fourth-order valence-electron chi connectivity index (χ4n) is 5.03. The van der Waals surface area contributed by atoms with Crippen molar-refractivity contribution in [2.45, 2.75) is 77.3 Å². The van der Waals surface area contributed by atoms with E-state index in [0.29, 0.717) is 30.9 Å². The minimum Gasteiger partial charge on any atom is -0.478 e. The summed E-state index contributed by atoms with van der Waals surface area (Å²) >= 11 is 1.25. The predicted molar refractivity (Wildman–Crippen MR) is 168 cm³/mol. The van der Waals surface area contributed by atoms with E-state index in [9.17, 15) is 9.90 Å². The average molecular weight is 602 g/mol. The van der Waals surface area contributed by atoms with Crippen LogP contribution in [0.4, 0.5) is 5.95 Å². The molecule has 1 fully saturated rings. The van der Waals surface area contributed by atoms with Crippen molar-refractivity contribution in [2.75, 3.05) is 11.3 Å². The highest BCUT2D eigenvalue weighted by molar-refractivity contribution is 8.00. The Kier molecular flexibility index (Phi) is 9.37. The Morgan fingerprint density at radius 1 is 1.09 bits per heavy atom. The fraction of sp³-hybridized carbons (Fsp3) is 0.394. The number of carbonyl (C=O) groups is 1. The van der Waals surface area contributed by atoms with Gasteiger partial charge in [0.1, 0.15) is 6.61 Å². The molecule has 1 aliphatic rings. The van der Waals surface area contributed by atoms with Crippen molar-refractivity contribution in [1.82, 2.24) is 20.4 Å². The topological polar surface area (TPSA) is 122 Å². The van der Waals surface area contributed by atoms with Gasteiger partial charge in [0.2, 0.25) is 11.8 Å². The first-order valence-electron chi connectivity index (χ1n) is 14.6. The van der Waals surface area contributed by atoms with Gasteiger partial charge in [0, 0.05) is 34.6 Å². The number of aromatic carboxylic acids is 1. The van der Waals surface area contributed by atoms with Crippen LogP contribution in [0.5, 0.6) is 5.88 Å². The number of aryl methyl sites for hydroxylation is 2. The lowest BCUT2D eigenvalue weighted by atomic mass is 9.88. The van der Waals surface area contributed by atoms with Crippen LogP contribution in [0.1, 0.15) is 78.9 Å². The maximum Gasteiger partial charge on any atom is 0.335 e. The first-order chi connectivity index (χ1) is 20.5. The summed E-state index contributed by atoms with van der Waals surface area (Å²) in [6.07, 6.45) is 3.26. The highest BCUT2D eigenvalue weighted by atomic mass is 32.2. The molecule has 0 radical (unpaired) electrons. The SMILES string of the molecule is Cc1cccc(C)c1-c1cc(OCC(CC(C)(C)C)NCc2cc(C3CC3)no2)nc(NSc2cccc(C(=O)O)c2)n1. The zero-order chi connectivity index (χ0) is 30.6. The van der Waals surface area contributed by atoms with Crippen molar-refractivity contribution in [3.8, 4) is 17.1 Å². The van der Waals surface area contributed by atoms with Crippen molar-refractivity contribution in [2.24, 2.45) is 5.41 Å². The summed E-state index contributed by atoms with van der Waals surface area (Å²) in [6, 6.07) is 16.8. The summed E-state index contributed by atoms with van der Waals surface area (Å²) in [6.45, 7) is 11.7. The number of benzene rings is 2. The van der Waals surface area contributed by atoms with Crippen LogP contribution in [0.25, 0.3) is 11.3 Å². The highest BCUT2D eigenvalue weighted by Crippen LogP contribution is 2.39. The van der Waals surface area contributed by atoms with Crippen molar-refractivity contribution in [3.63, 3.8) is 0 Å². The number of aromatic nitrogens is 3. The molecule has 0 amide bonds. The molecule has 43 heavy (non-hydrogen) atoms. The van der Waals surface area contributed by atoms with E-state index in [4.69, 9.17) is 14.2 Å². The van der Waals surface area contributed by atoms with Gasteiger partial charge in [0.05, 0.1) is 23.5 Å². The molecular formula is C33H39N5O4S. The first kappa shape index (κ1) is 30.6. The zero-order valence-electron chi connectivity index (χ0n) is 25.3. The molecule has 2 heterocycles. The maximum absolute atomic E-state index is 11.4. The Bertz CT molecular complexity index is 1560. The molecule has 226 valence electrons. The third-order valence-electron chi connectivity index (χ3n) is 7.21. The van der Waals surface area contributed by atoms with Gasteiger partial charge < -0.3 is 19.7 Å². The van der Waals surface area contributed by atoms with E-state index in [-0.39, 0.29) is 17.0 Å². The van der Waals surface area contributed by atoms with Gasteiger partial charge in [-0.25, -0.2) is 9.78 Å². The Balaban J connectivity index is 1.35. The molecule has 1 atom stereocenters. The van der Waals surface area contributed by atoms with Crippen LogP contribution >= 0.6 is 11.9 Å². The second kappa shape index (κ2) is 13.2. The van der Waals surface area contributed by atoms with Crippen LogP contribution in [0.2, 0.25) is 0 Å². The van der Waals surface area contributed by atoms with E-state index in [2.05, 4.69) is 73.0 Å². The summed E-state index contributed by atoms with van der Waals surface area (Å²) in [4.78, 5) is 21.6. The number of carboxylic acid groups (broad SMARTS) is 1. The Morgan fingerprint density at radius 3 is 2.53 bits per heavy atom. The minimum absolute atomic E-state index is 0.0395. The van der Waals surface area contributed by atoms with Crippen molar-refractivity contribution in [3.05, 3.63) is 82.7 Å². The predicted octanol–water partition coefficient (Wildman–Crippen LogP) is 7.42. The van der Waals surface area contributed by atoms with Gasteiger partial charge in [-0.3, -0.25) is 4.72 Å². The molecule has 0 saturated heterocycles. The van der Waals surface area contributed by atoms with E-state index in [1.165, 1.54) is 24.8 Å². The monoisotopic (exact) mass is 601 g/mol. The van der Waals surface area contributed by atoms with E-state index in [0.717, 1.165) is 45.2 Å². The van der Waals surface area contributed by atoms with Crippen LogP contribution in [0.3, 0.4) is 0 Å². The molecule has 1 saturated carbocycles. The number of carboxylic acids is 1.